The normalized spacial score (nSPS) is 12.9. The Hall–Kier alpha value is 1.51. The molecule has 0 heterocycles. The van der Waals surface area contributed by atoms with Crippen LogP contribution >= 0.6 is 0 Å². The van der Waals surface area contributed by atoms with E-state index in [0.29, 0.717) is 12.8 Å². The minimum atomic E-state index is -4.12. The zero-order chi connectivity index (χ0) is 14.6. The zero-order valence-electron chi connectivity index (χ0n) is 13.1. The number of aliphatic hydroxyl groups excluding tert-OH is 1. The van der Waals surface area contributed by atoms with Crippen molar-refractivity contribution in [3.05, 3.63) is 0 Å². The maximum absolute atomic E-state index is 10.4. The van der Waals surface area contributed by atoms with Gasteiger partial charge in [-0.25, -0.2) is 8.42 Å². The summed E-state index contributed by atoms with van der Waals surface area (Å²) in [6.45, 7) is 2.21. The number of hydrogen-bond donors (Lipinski definition) is 1. The zero-order valence-corrected chi connectivity index (χ0v) is 17.1. The van der Waals surface area contributed by atoms with Crippen LogP contribution in [0.15, 0.2) is 0 Å². The molecular formula is C14H29KO4S. The standard InChI is InChI=1S/C14H30O4S.K/c1-2-3-4-5-6-7-8-9-11-14(15)12-10-13-19(16,17)18;/h14-15H,2-13H2,1H3,(H,16,17,18);/q;+1/p-1. The van der Waals surface area contributed by atoms with Gasteiger partial charge in [0.05, 0.1) is 16.2 Å². The molecule has 0 fully saturated rings. The van der Waals surface area contributed by atoms with Crippen molar-refractivity contribution >= 4 is 10.1 Å². The summed E-state index contributed by atoms with van der Waals surface area (Å²) in [5.41, 5.74) is 0. The van der Waals surface area contributed by atoms with Crippen LogP contribution in [0.4, 0.5) is 0 Å². The Bertz CT molecular complexity index is 294. The minimum Gasteiger partial charge on any atom is -0.748 e. The molecule has 0 aliphatic rings. The molecule has 0 aliphatic heterocycles. The number of unbranched alkanes of at least 4 members (excludes halogenated alkanes) is 7. The van der Waals surface area contributed by atoms with Gasteiger partial charge in [-0.15, -0.1) is 0 Å². The van der Waals surface area contributed by atoms with Crippen molar-refractivity contribution in [3.8, 4) is 0 Å². The number of rotatable bonds is 13. The van der Waals surface area contributed by atoms with Gasteiger partial charge in [-0.2, -0.15) is 0 Å². The predicted octanol–water partition coefficient (Wildman–Crippen LogP) is 0.208. The molecule has 116 valence electrons. The second kappa shape index (κ2) is 15.4. The average Bonchev–Trinajstić information content (AvgIpc) is 2.31. The summed E-state index contributed by atoms with van der Waals surface area (Å²) in [6, 6.07) is 0. The molecule has 4 nitrogen and oxygen atoms in total. The molecular weight excluding hydrogens is 303 g/mol. The predicted molar refractivity (Wildman–Crippen MR) is 77.0 cm³/mol. The van der Waals surface area contributed by atoms with E-state index in [1.165, 1.54) is 38.5 Å². The van der Waals surface area contributed by atoms with E-state index in [9.17, 15) is 18.1 Å². The Morgan fingerprint density at radius 2 is 1.35 bits per heavy atom. The summed E-state index contributed by atoms with van der Waals surface area (Å²) in [4.78, 5) is 0. The van der Waals surface area contributed by atoms with Gasteiger partial charge in [0.15, 0.2) is 0 Å². The molecule has 6 heteroatoms. The molecule has 0 bridgehead atoms. The number of hydrogen-bond acceptors (Lipinski definition) is 4. The first-order valence-corrected chi connectivity index (χ1v) is 9.15. The van der Waals surface area contributed by atoms with Crippen LogP contribution in [-0.4, -0.2) is 29.9 Å². The van der Waals surface area contributed by atoms with Crippen molar-refractivity contribution in [2.75, 3.05) is 5.75 Å². The maximum atomic E-state index is 10.4. The van der Waals surface area contributed by atoms with Gasteiger partial charge in [-0.05, 0) is 19.3 Å². The third-order valence-corrected chi connectivity index (χ3v) is 4.11. The van der Waals surface area contributed by atoms with Gasteiger partial charge in [-0.3, -0.25) is 0 Å². The molecule has 0 aliphatic carbocycles. The van der Waals surface area contributed by atoms with E-state index >= 15 is 0 Å². The second-order valence-electron chi connectivity index (χ2n) is 5.32. The monoisotopic (exact) mass is 332 g/mol. The molecule has 0 amide bonds. The van der Waals surface area contributed by atoms with E-state index in [1.54, 1.807) is 0 Å². The molecule has 20 heavy (non-hydrogen) atoms. The van der Waals surface area contributed by atoms with E-state index in [2.05, 4.69) is 6.92 Å². The fourth-order valence-corrected chi connectivity index (χ4v) is 2.67. The number of aliphatic hydroxyl groups is 1. The van der Waals surface area contributed by atoms with Crippen LogP contribution in [0.2, 0.25) is 0 Å². The second-order valence-corrected chi connectivity index (χ2v) is 6.85. The van der Waals surface area contributed by atoms with Gasteiger partial charge in [0.25, 0.3) is 0 Å². The van der Waals surface area contributed by atoms with Gasteiger partial charge in [0.2, 0.25) is 0 Å². The Kier molecular flexibility index (Phi) is 18.3. The van der Waals surface area contributed by atoms with E-state index < -0.39 is 16.2 Å². The van der Waals surface area contributed by atoms with Gasteiger partial charge in [0, 0.05) is 5.75 Å². The summed E-state index contributed by atoms with van der Waals surface area (Å²) in [5, 5.41) is 9.62. The van der Waals surface area contributed by atoms with Gasteiger partial charge in [-0.1, -0.05) is 58.3 Å². The molecule has 1 unspecified atom stereocenters. The molecule has 0 aromatic rings. The summed E-state index contributed by atoms with van der Waals surface area (Å²) in [5.74, 6) is -0.360. The smallest absolute Gasteiger partial charge is 0.748 e. The largest absolute Gasteiger partial charge is 1.00 e. The first kappa shape index (κ1) is 23.8. The summed E-state index contributed by atoms with van der Waals surface area (Å²) >= 11 is 0. The van der Waals surface area contributed by atoms with Gasteiger partial charge in [0.1, 0.15) is 0 Å². The quantitative estimate of drug-likeness (QED) is 0.297. The molecule has 0 aromatic heterocycles. The van der Waals surface area contributed by atoms with E-state index in [0.717, 1.165) is 12.8 Å². The molecule has 0 aromatic carbocycles. The maximum Gasteiger partial charge on any atom is 1.00 e. The van der Waals surface area contributed by atoms with E-state index in [1.807, 2.05) is 0 Å². The van der Waals surface area contributed by atoms with Crippen molar-refractivity contribution in [3.63, 3.8) is 0 Å². The third kappa shape index (κ3) is 19.5. The third-order valence-electron chi connectivity index (χ3n) is 3.32. The molecule has 0 saturated heterocycles. The van der Waals surface area contributed by atoms with Crippen LogP contribution in [0.1, 0.15) is 77.6 Å². The average molecular weight is 333 g/mol. The van der Waals surface area contributed by atoms with Crippen molar-refractivity contribution < 1.29 is 69.5 Å². The SMILES string of the molecule is CCCCCCCCCCC(O)CCCS(=O)(=O)[O-].[K+]. The summed E-state index contributed by atoms with van der Waals surface area (Å²) in [7, 11) is -4.12. The molecule has 0 saturated carbocycles. The first-order chi connectivity index (χ1) is 8.95. The Morgan fingerprint density at radius 3 is 1.85 bits per heavy atom. The minimum absolute atomic E-state index is 0. The van der Waals surface area contributed by atoms with Crippen LogP contribution in [-0.2, 0) is 10.1 Å². The fraction of sp³-hybridized carbons (Fsp3) is 1.00. The summed E-state index contributed by atoms with van der Waals surface area (Å²) in [6.07, 6.45) is 10.8. The van der Waals surface area contributed by atoms with Crippen molar-refractivity contribution in [2.45, 2.75) is 83.7 Å². The summed E-state index contributed by atoms with van der Waals surface area (Å²) < 4.78 is 31.1. The molecule has 0 spiro atoms. The molecule has 0 radical (unpaired) electrons. The fourth-order valence-electron chi connectivity index (χ4n) is 2.15. The Morgan fingerprint density at radius 1 is 0.900 bits per heavy atom. The topological polar surface area (TPSA) is 77.4 Å². The van der Waals surface area contributed by atoms with Crippen LogP contribution in [0.5, 0.6) is 0 Å². The first-order valence-electron chi connectivity index (χ1n) is 7.57. The van der Waals surface area contributed by atoms with Crippen molar-refractivity contribution in [1.82, 2.24) is 0 Å². The van der Waals surface area contributed by atoms with Crippen LogP contribution in [0.25, 0.3) is 0 Å². The van der Waals surface area contributed by atoms with Crippen LogP contribution < -0.4 is 51.4 Å². The molecule has 1 N–H and O–H groups in total. The van der Waals surface area contributed by atoms with Crippen molar-refractivity contribution in [1.29, 1.82) is 0 Å². The molecule has 0 rings (SSSR count). The van der Waals surface area contributed by atoms with E-state index in [4.69, 9.17) is 0 Å². The Balaban J connectivity index is 0. The molecule has 1 atom stereocenters. The van der Waals surface area contributed by atoms with Crippen molar-refractivity contribution in [2.24, 2.45) is 0 Å². The van der Waals surface area contributed by atoms with Gasteiger partial charge >= 0.3 is 51.4 Å². The van der Waals surface area contributed by atoms with E-state index in [-0.39, 0.29) is 63.6 Å². The van der Waals surface area contributed by atoms with Gasteiger partial charge < -0.3 is 9.66 Å². The van der Waals surface area contributed by atoms with Crippen LogP contribution in [0, 0.1) is 0 Å². The Labute approximate surface area is 167 Å². The van der Waals surface area contributed by atoms with Crippen LogP contribution in [0.3, 0.4) is 0 Å².